The van der Waals surface area contributed by atoms with Crippen LogP contribution in [-0.4, -0.2) is 21.1 Å². The summed E-state index contributed by atoms with van der Waals surface area (Å²) in [7, 11) is 1.72. The molecule has 1 atom stereocenters. The van der Waals surface area contributed by atoms with E-state index >= 15 is 0 Å². The summed E-state index contributed by atoms with van der Waals surface area (Å²) in [6, 6.07) is 9.53. The Bertz CT molecular complexity index is 1380. The van der Waals surface area contributed by atoms with E-state index in [4.69, 9.17) is 5.41 Å². The van der Waals surface area contributed by atoms with Crippen LogP contribution in [0.1, 0.15) is 70.6 Å². The van der Waals surface area contributed by atoms with Gasteiger partial charge in [0.1, 0.15) is 5.82 Å². The van der Waals surface area contributed by atoms with Crippen molar-refractivity contribution in [1.29, 1.82) is 5.41 Å². The fourth-order valence-electron chi connectivity index (χ4n) is 5.20. The van der Waals surface area contributed by atoms with Crippen LogP contribution in [0.2, 0.25) is 0 Å². The number of nitrogens with zero attached hydrogens (tertiary/aromatic N) is 2. The van der Waals surface area contributed by atoms with Crippen LogP contribution < -0.4 is 5.62 Å². The number of aromatic nitrogens is 2. The summed E-state index contributed by atoms with van der Waals surface area (Å²) >= 11 is 0. The first-order valence-corrected chi connectivity index (χ1v) is 12.3. The van der Waals surface area contributed by atoms with Crippen LogP contribution in [0.15, 0.2) is 48.8 Å². The Balaban J connectivity index is 1.50. The van der Waals surface area contributed by atoms with Gasteiger partial charge in [-0.25, -0.2) is 4.39 Å². The highest BCUT2D eigenvalue weighted by Gasteiger charge is 2.64. The molecule has 2 saturated carbocycles. The Morgan fingerprint density at radius 1 is 1.14 bits per heavy atom. The van der Waals surface area contributed by atoms with Crippen LogP contribution in [0, 0.1) is 24.1 Å². The van der Waals surface area contributed by atoms with Crippen molar-refractivity contribution in [1.82, 2.24) is 9.13 Å². The zero-order valence-electron chi connectivity index (χ0n) is 20.3. The van der Waals surface area contributed by atoms with Crippen molar-refractivity contribution in [2.45, 2.75) is 63.1 Å². The van der Waals surface area contributed by atoms with Crippen molar-refractivity contribution in [2.24, 2.45) is 13.0 Å². The first-order valence-electron chi connectivity index (χ1n) is 12.3. The normalized spacial score (nSPS) is 17.7. The molecule has 0 radical (unpaired) electrons. The first-order chi connectivity index (χ1) is 17.0. The number of imidazole rings is 1. The fourth-order valence-corrected chi connectivity index (χ4v) is 5.20. The largest absolute Gasteiger partial charge is 0.398 e. The molecule has 0 bridgehead atoms. The van der Waals surface area contributed by atoms with Crippen molar-refractivity contribution in [3.63, 3.8) is 0 Å². The minimum Gasteiger partial charge on any atom is -0.321 e. The number of nitrogens with one attached hydrogen (secondary N) is 1. The van der Waals surface area contributed by atoms with Gasteiger partial charge in [0, 0.05) is 31.4 Å². The molecule has 1 N–H and O–H groups in total. The van der Waals surface area contributed by atoms with Crippen LogP contribution in [0.3, 0.4) is 0 Å². The number of rotatable bonds is 8. The van der Waals surface area contributed by atoms with Crippen molar-refractivity contribution in [3.05, 3.63) is 88.0 Å². The van der Waals surface area contributed by atoms with Gasteiger partial charge in [-0.1, -0.05) is 18.2 Å². The smallest absolute Gasteiger partial charge is 0.321 e. The number of carbonyl (C=O) groups is 1. The van der Waals surface area contributed by atoms with Gasteiger partial charge in [0.25, 0.3) is 0 Å². The van der Waals surface area contributed by atoms with E-state index < -0.39 is 11.6 Å². The number of hydrogen-bond acceptors (Lipinski definition) is 2. The molecule has 2 aliphatic rings. The molecule has 36 heavy (non-hydrogen) atoms. The molecule has 190 valence electrons. The zero-order chi connectivity index (χ0) is 25.8. The molecular weight excluding hydrogens is 470 g/mol. The lowest BCUT2D eigenvalue weighted by Gasteiger charge is -2.22. The van der Waals surface area contributed by atoms with Crippen molar-refractivity contribution in [3.8, 4) is 0 Å². The van der Waals surface area contributed by atoms with Crippen LogP contribution >= 0.6 is 0 Å². The van der Waals surface area contributed by atoms with Gasteiger partial charge in [0.05, 0.1) is 12.0 Å². The number of aryl methyl sites for hydroxylation is 2. The van der Waals surface area contributed by atoms with Gasteiger partial charge >= 0.3 is 6.18 Å². The molecule has 0 aliphatic heterocycles. The summed E-state index contributed by atoms with van der Waals surface area (Å²) in [5.74, 6) is -0.285. The molecule has 0 saturated heterocycles. The molecule has 8 heteroatoms. The molecule has 4 nitrogen and oxygen atoms in total. The molecule has 3 aromatic rings. The van der Waals surface area contributed by atoms with Crippen LogP contribution in [0.5, 0.6) is 0 Å². The quantitative estimate of drug-likeness (QED) is 0.293. The SMILES string of the molecule is Cc1cc([C@@H](CC(=O)c2cc(Cn3ccn(C)c3=N)cc(C3(C(F)(F)F)CC3)c2)C2CC2)ccc1F. The zero-order valence-corrected chi connectivity index (χ0v) is 20.3. The highest BCUT2D eigenvalue weighted by molar-refractivity contribution is 5.97. The third kappa shape index (κ3) is 4.53. The van der Waals surface area contributed by atoms with E-state index in [9.17, 15) is 22.4 Å². The molecule has 2 fully saturated rings. The highest BCUT2D eigenvalue weighted by atomic mass is 19.4. The molecule has 2 aromatic carbocycles. The predicted molar refractivity (Wildman–Crippen MR) is 127 cm³/mol. The summed E-state index contributed by atoms with van der Waals surface area (Å²) in [6.07, 6.45) is 1.16. The van der Waals surface area contributed by atoms with Gasteiger partial charge < -0.3 is 9.13 Å². The van der Waals surface area contributed by atoms with E-state index in [1.807, 2.05) is 0 Å². The van der Waals surface area contributed by atoms with Gasteiger partial charge in [-0.15, -0.1) is 0 Å². The molecule has 5 rings (SSSR count). The van der Waals surface area contributed by atoms with Gasteiger partial charge in [0.2, 0.25) is 5.62 Å². The van der Waals surface area contributed by atoms with Crippen LogP contribution in [0.4, 0.5) is 17.6 Å². The van der Waals surface area contributed by atoms with Gasteiger partial charge in [-0.05, 0) is 84.9 Å². The lowest BCUT2D eigenvalue weighted by Crippen LogP contribution is -2.29. The number of carbonyl (C=O) groups excluding carboxylic acids is 1. The number of alkyl halides is 3. The standard InChI is InChI=1S/C28H29F4N3O/c1-17-11-20(5-6-24(17)29)23(19-3-4-19)15-25(36)21-12-18(16-35-10-9-34(2)26(35)33)13-22(14-21)27(7-8-27)28(30,31)32/h5-6,9-14,19,23,33H,3-4,7-8,15-16H2,1-2H3/t23-/m0/s1. The minimum atomic E-state index is -4.39. The molecule has 2 aliphatic carbocycles. The van der Waals surface area contributed by atoms with Gasteiger partial charge in [0.15, 0.2) is 5.78 Å². The number of halogens is 4. The maximum Gasteiger partial charge on any atom is 0.398 e. The molecule has 0 amide bonds. The fraction of sp³-hybridized carbons (Fsp3) is 0.429. The average Bonchev–Trinajstić information content (AvgIpc) is 3.74. The summed E-state index contributed by atoms with van der Waals surface area (Å²) < 4.78 is 59.1. The third-order valence-electron chi connectivity index (χ3n) is 7.80. The molecule has 1 heterocycles. The second-order valence-corrected chi connectivity index (χ2v) is 10.4. The molecule has 1 aromatic heterocycles. The summed E-state index contributed by atoms with van der Waals surface area (Å²) in [4.78, 5) is 13.5. The van der Waals surface area contributed by atoms with Gasteiger partial charge in [-0.3, -0.25) is 10.2 Å². The number of benzene rings is 2. The number of Topliss-reactive ketones (excluding diaryl/α,β-unsaturated/α-hetero) is 1. The number of hydrogen-bond donors (Lipinski definition) is 1. The van der Waals surface area contributed by atoms with E-state index in [1.54, 1.807) is 59.8 Å². The summed E-state index contributed by atoms with van der Waals surface area (Å²) in [5, 5.41) is 8.18. The monoisotopic (exact) mass is 499 g/mol. The Labute approximate surface area is 207 Å². The van der Waals surface area contributed by atoms with Crippen LogP contribution in [-0.2, 0) is 19.0 Å². The van der Waals surface area contributed by atoms with E-state index in [-0.39, 0.29) is 60.1 Å². The predicted octanol–water partition coefficient (Wildman–Crippen LogP) is 6.16. The first kappa shape index (κ1) is 24.5. The van der Waals surface area contributed by atoms with Gasteiger partial charge in [-0.2, -0.15) is 13.2 Å². The second kappa shape index (κ2) is 8.75. The Morgan fingerprint density at radius 3 is 2.42 bits per heavy atom. The highest BCUT2D eigenvalue weighted by Crippen LogP contribution is 2.59. The summed E-state index contributed by atoms with van der Waals surface area (Å²) in [6.45, 7) is 1.89. The topological polar surface area (TPSA) is 50.8 Å². The van der Waals surface area contributed by atoms with Crippen molar-refractivity contribution >= 4 is 5.78 Å². The Hall–Kier alpha value is -3.16. The lowest BCUT2D eigenvalue weighted by molar-refractivity contribution is -0.160. The van der Waals surface area contributed by atoms with E-state index in [0.717, 1.165) is 18.4 Å². The minimum absolute atomic E-state index is 0.00924. The average molecular weight is 500 g/mol. The molecule has 0 unspecified atom stereocenters. The van der Waals surface area contributed by atoms with E-state index in [2.05, 4.69) is 0 Å². The maximum atomic E-state index is 14.0. The summed E-state index contributed by atoms with van der Waals surface area (Å²) in [5.41, 5.74) is 0.677. The second-order valence-electron chi connectivity index (χ2n) is 10.4. The Kier molecular flexibility index (Phi) is 5.96. The van der Waals surface area contributed by atoms with E-state index in [1.165, 1.54) is 12.1 Å². The third-order valence-corrected chi connectivity index (χ3v) is 7.80. The maximum absolute atomic E-state index is 14.0. The Morgan fingerprint density at radius 2 is 1.86 bits per heavy atom. The molecular formula is C28H29F4N3O. The van der Waals surface area contributed by atoms with E-state index in [0.29, 0.717) is 17.0 Å². The van der Waals surface area contributed by atoms with Crippen LogP contribution in [0.25, 0.3) is 0 Å². The number of ketones is 1. The van der Waals surface area contributed by atoms with Crippen molar-refractivity contribution < 1.29 is 22.4 Å². The lowest BCUT2D eigenvalue weighted by atomic mass is 9.85. The molecule has 0 spiro atoms. The van der Waals surface area contributed by atoms with Crippen molar-refractivity contribution in [2.75, 3.05) is 0 Å².